The van der Waals surface area contributed by atoms with E-state index in [1.807, 2.05) is 49.3 Å². The highest BCUT2D eigenvalue weighted by Crippen LogP contribution is 2.14. The molecule has 7 nitrogen and oxygen atoms in total. The number of fused-ring (bicyclic) bond motifs is 1. The average Bonchev–Trinajstić information content (AvgIpc) is 3.23. The van der Waals surface area contributed by atoms with Crippen LogP contribution in [0.2, 0.25) is 0 Å². The summed E-state index contributed by atoms with van der Waals surface area (Å²) in [6.07, 6.45) is 3.34. The van der Waals surface area contributed by atoms with Gasteiger partial charge in [0.15, 0.2) is 5.69 Å². The molecule has 2 N–H and O–H groups in total. The third kappa shape index (κ3) is 3.03. The van der Waals surface area contributed by atoms with Crippen molar-refractivity contribution in [3.8, 4) is 5.69 Å². The van der Waals surface area contributed by atoms with Crippen molar-refractivity contribution in [2.24, 2.45) is 4.99 Å². The molecule has 0 amide bonds. The minimum Gasteiger partial charge on any atom is -0.477 e. The van der Waals surface area contributed by atoms with E-state index in [0.717, 1.165) is 16.3 Å². The Balaban J connectivity index is 1.85. The number of aromatic carboxylic acids is 1. The highest BCUT2D eigenvalue weighted by atomic mass is 16.4. The van der Waals surface area contributed by atoms with Crippen molar-refractivity contribution in [1.82, 2.24) is 9.78 Å². The number of rotatable bonds is 4. The Morgan fingerprint density at radius 2 is 1.93 bits per heavy atom. The summed E-state index contributed by atoms with van der Waals surface area (Å²) >= 11 is 0. The van der Waals surface area contributed by atoms with E-state index in [-0.39, 0.29) is 11.3 Å². The molecule has 2 heterocycles. The van der Waals surface area contributed by atoms with Gasteiger partial charge in [0.1, 0.15) is 0 Å². The fourth-order valence-corrected chi connectivity index (χ4v) is 3.09. The van der Waals surface area contributed by atoms with Crippen LogP contribution >= 0.6 is 0 Å². The van der Waals surface area contributed by atoms with Gasteiger partial charge in [-0.25, -0.2) is 14.5 Å². The number of H-pyrrole nitrogens is 1. The lowest BCUT2D eigenvalue weighted by Crippen LogP contribution is -2.23. The molecule has 0 bridgehead atoms. The highest BCUT2D eigenvalue weighted by Gasteiger charge is 2.19. The molecule has 2 aromatic carbocycles. The van der Waals surface area contributed by atoms with Gasteiger partial charge in [0, 0.05) is 25.0 Å². The maximum Gasteiger partial charge on any atom is 0.354 e. The summed E-state index contributed by atoms with van der Waals surface area (Å²) in [5.41, 5.74) is 1.55. The number of allylic oxidation sites excluding steroid dienone is 1. The summed E-state index contributed by atoms with van der Waals surface area (Å²) in [5.74, 6) is -1.20. The van der Waals surface area contributed by atoms with Gasteiger partial charge in [-0.2, -0.15) is 0 Å². The van der Waals surface area contributed by atoms with Gasteiger partial charge in [0.25, 0.3) is 5.56 Å². The van der Waals surface area contributed by atoms with Crippen molar-refractivity contribution in [3.63, 3.8) is 0 Å². The number of hydrogen-bond acceptors (Lipinski definition) is 4. The van der Waals surface area contributed by atoms with Crippen LogP contribution < -0.4 is 21.0 Å². The lowest BCUT2D eigenvalue weighted by atomic mass is 10.2. The standard InChI is InChI=1S/C21H18N4O3/c1-24(2)16-9-8-13-10-14(22-18(13)12-16)11-17-19(21(27)28)23-25(20(17)26)15-6-4-3-5-7-15/h3-12,23H,1-2H3,(H,27,28). The van der Waals surface area contributed by atoms with Crippen LogP contribution in [0.3, 0.4) is 0 Å². The highest BCUT2D eigenvalue weighted by molar-refractivity contribution is 5.90. The smallest absolute Gasteiger partial charge is 0.354 e. The number of nitrogens with zero attached hydrogens (tertiary/aromatic N) is 3. The Hall–Kier alpha value is -3.87. The topological polar surface area (TPSA) is 90.7 Å². The summed E-state index contributed by atoms with van der Waals surface area (Å²) < 4.78 is 1.22. The first-order chi connectivity index (χ1) is 13.4. The second kappa shape index (κ2) is 6.70. The van der Waals surface area contributed by atoms with Crippen LogP contribution in [0.5, 0.6) is 0 Å². The maximum absolute atomic E-state index is 12.9. The number of carboxylic acid groups (broad SMARTS) is 1. The SMILES string of the molecule is CN(C)c1ccc2c(c1)=NC(=Cc1c(C(=O)O)[nH]n(-c3ccccc3)c1=O)C=2. The first-order valence-electron chi connectivity index (χ1n) is 8.67. The van der Waals surface area contributed by atoms with Gasteiger partial charge in [-0.05, 0) is 36.4 Å². The Morgan fingerprint density at radius 1 is 1.18 bits per heavy atom. The number of aromatic amines is 1. The van der Waals surface area contributed by atoms with E-state index in [0.29, 0.717) is 11.4 Å². The number of carbonyl (C=O) groups is 1. The molecule has 0 aliphatic carbocycles. The van der Waals surface area contributed by atoms with Crippen LogP contribution in [-0.2, 0) is 0 Å². The molecule has 0 radical (unpaired) electrons. The molecule has 1 aromatic heterocycles. The molecule has 4 rings (SSSR count). The third-order valence-corrected chi connectivity index (χ3v) is 4.53. The predicted octanol–water partition coefficient (Wildman–Crippen LogP) is 1.38. The van der Waals surface area contributed by atoms with E-state index in [9.17, 15) is 14.7 Å². The van der Waals surface area contributed by atoms with Gasteiger partial charge in [0.2, 0.25) is 0 Å². The molecule has 28 heavy (non-hydrogen) atoms. The fraction of sp³-hybridized carbons (Fsp3) is 0.0952. The molecule has 3 aromatic rings. The lowest BCUT2D eigenvalue weighted by molar-refractivity contribution is 0.0689. The zero-order valence-corrected chi connectivity index (χ0v) is 15.4. The van der Waals surface area contributed by atoms with Crippen molar-refractivity contribution in [3.05, 3.63) is 86.4 Å². The molecule has 7 heteroatoms. The summed E-state index contributed by atoms with van der Waals surface area (Å²) in [6, 6.07) is 14.7. The zero-order chi connectivity index (χ0) is 19.8. The quantitative estimate of drug-likeness (QED) is 0.722. The normalized spacial score (nSPS) is 13.7. The molecule has 0 saturated heterocycles. The molecule has 0 fully saturated rings. The number of para-hydroxylation sites is 1. The molecule has 0 atom stereocenters. The van der Waals surface area contributed by atoms with Gasteiger partial charge in [-0.1, -0.05) is 24.3 Å². The number of anilines is 1. The Kier molecular flexibility index (Phi) is 4.19. The number of aromatic nitrogens is 2. The predicted molar refractivity (Wildman–Crippen MR) is 107 cm³/mol. The maximum atomic E-state index is 12.9. The van der Waals surface area contributed by atoms with Crippen LogP contribution in [0.15, 0.2) is 64.0 Å². The van der Waals surface area contributed by atoms with Gasteiger partial charge >= 0.3 is 5.97 Å². The number of benzene rings is 2. The minimum absolute atomic E-state index is 0.0620. The molecule has 1 aliphatic heterocycles. The van der Waals surface area contributed by atoms with Gasteiger partial charge in [-0.3, -0.25) is 9.89 Å². The summed E-state index contributed by atoms with van der Waals surface area (Å²) in [7, 11) is 3.89. The minimum atomic E-state index is -1.20. The monoisotopic (exact) mass is 374 g/mol. The molecule has 0 unspecified atom stereocenters. The van der Waals surface area contributed by atoms with Crippen molar-refractivity contribution >= 4 is 23.8 Å². The van der Waals surface area contributed by atoms with Crippen molar-refractivity contribution in [2.75, 3.05) is 19.0 Å². The van der Waals surface area contributed by atoms with Crippen LogP contribution in [0.25, 0.3) is 17.8 Å². The molecular formula is C21H18N4O3. The van der Waals surface area contributed by atoms with Gasteiger partial charge in [0.05, 0.1) is 22.3 Å². The van der Waals surface area contributed by atoms with E-state index in [1.54, 1.807) is 24.3 Å². The average molecular weight is 374 g/mol. The Morgan fingerprint density at radius 3 is 2.61 bits per heavy atom. The fourth-order valence-electron chi connectivity index (χ4n) is 3.09. The first kappa shape index (κ1) is 17.5. The van der Waals surface area contributed by atoms with E-state index in [4.69, 9.17) is 0 Å². The largest absolute Gasteiger partial charge is 0.477 e. The number of nitrogens with one attached hydrogen (secondary N) is 1. The van der Waals surface area contributed by atoms with Crippen molar-refractivity contribution in [2.45, 2.75) is 0 Å². The summed E-state index contributed by atoms with van der Waals surface area (Å²) in [6.45, 7) is 0. The first-order valence-corrected chi connectivity index (χ1v) is 8.67. The second-order valence-electron chi connectivity index (χ2n) is 6.64. The van der Waals surface area contributed by atoms with Crippen LogP contribution in [-0.4, -0.2) is 35.0 Å². The molecule has 0 spiro atoms. The van der Waals surface area contributed by atoms with Gasteiger partial charge < -0.3 is 10.0 Å². The molecule has 140 valence electrons. The Labute approximate surface area is 160 Å². The summed E-state index contributed by atoms with van der Waals surface area (Å²) in [4.78, 5) is 31.0. The summed E-state index contributed by atoms with van der Waals surface area (Å²) in [5, 5.41) is 13.9. The lowest BCUT2D eigenvalue weighted by Gasteiger charge is -2.10. The van der Waals surface area contributed by atoms with E-state index >= 15 is 0 Å². The van der Waals surface area contributed by atoms with Crippen LogP contribution in [0.4, 0.5) is 5.69 Å². The number of carboxylic acids is 1. The van der Waals surface area contributed by atoms with E-state index < -0.39 is 11.5 Å². The van der Waals surface area contributed by atoms with Crippen LogP contribution in [0.1, 0.15) is 16.1 Å². The van der Waals surface area contributed by atoms with Gasteiger partial charge in [-0.15, -0.1) is 0 Å². The third-order valence-electron chi connectivity index (χ3n) is 4.53. The van der Waals surface area contributed by atoms with Crippen molar-refractivity contribution in [1.29, 1.82) is 0 Å². The van der Waals surface area contributed by atoms with Crippen LogP contribution in [0, 0.1) is 0 Å². The van der Waals surface area contributed by atoms with Crippen molar-refractivity contribution < 1.29 is 9.90 Å². The molecule has 0 saturated carbocycles. The Bertz CT molecular complexity index is 1280. The molecule has 1 aliphatic rings. The molecular weight excluding hydrogens is 356 g/mol. The number of hydrogen-bond donors (Lipinski definition) is 2. The zero-order valence-electron chi connectivity index (χ0n) is 15.4. The second-order valence-corrected chi connectivity index (χ2v) is 6.64. The van der Waals surface area contributed by atoms with E-state index in [2.05, 4.69) is 10.1 Å². The van der Waals surface area contributed by atoms with E-state index in [1.165, 1.54) is 10.8 Å².